The highest BCUT2D eigenvalue weighted by Gasteiger charge is 2.42. The third-order valence-corrected chi connectivity index (χ3v) is 4.61. The molecule has 3 nitrogen and oxygen atoms in total. The first-order valence-electron chi connectivity index (χ1n) is 6.94. The molecule has 1 saturated heterocycles. The smallest absolute Gasteiger partial charge is 0.393 e. The fourth-order valence-electron chi connectivity index (χ4n) is 3.51. The molecule has 1 aromatic carbocycles. The van der Waals surface area contributed by atoms with Crippen LogP contribution in [0.3, 0.4) is 0 Å². The molecular weight excluding hydrogens is 281 g/mol. The van der Waals surface area contributed by atoms with Gasteiger partial charge in [-0.3, -0.25) is 0 Å². The maximum absolute atomic E-state index is 13.0. The van der Waals surface area contributed by atoms with Crippen LogP contribution in [0.1, 0.15) is 24.0 Å². The van der Waals surface area contributed by atoms with E-state index in [4.69, 9.17) is 5.26 Å². The SMILES string of the molecule is N#Cc1ccc(N2CC3CCC(O)C3C2)cc1C(F)(F)F. The molecule has 1 aliphatic heterocycles. The number of rotatable bonds is 1. The molecule has 0 aromatic heterocycles. The van der Waals surface area contributed by atoms with Gasteiger partial charge in [0.2, 0.25) is 0 Å². The standard InChI is InChI=1S/C15H15F3N2O/c16-15(17,18)13-5-11(3-1-9(13)6-19)20-7-10-2-4-14(21)12(10)8-20/h1,3,5,10,12,14,21H,2,4,7-8H2. The molecule has 0 amide bonds. The van der Waals surface area contributed by atoms with Gasteiger partial charge in [0, 0.05) is 24.7 Å². The second-order valence-corrected chi connectivity index (χ2v) is 5.81. The maximum Gasteiger partial charge on any atom is 0.417 e. The molecule has 2 aliphatic rings. The van der Waals surface area contributed by atoms with Crippen LogP contribution in [0.15, 0.2) is 18.2 Å². The van der Waals surface area contributed by atoms with Crippen LogP contribution >= 0.6 is 0 Å². The van der Waals surface area contributed by atoms with Gasteiger partial charge in [-0.05, 0) is 37.0 Å². The molecule has 1 aliphatic carbocycles. The summed E-state index contributed by atoms with van der Waals surface area (Å²) < 4.78 is 39.0. The topological polar surface area (TPSA) is 47.3 Å². The van der Waals surface area contributed by atoms with E-state index in [2.05, 4.69) is 0 Å². The van der Waals surface area contributed by atoms with Crippen LogP contribution in [0.5, 0.6) is 0 Å². The van der Waals surface area contributed by atoms with Crippen LogP contribution in [0.4, 0.5) is 18.9 Å². The first-order valence-corrected chi connectivity index (χ1v) is 6.94. The summed E-state index contributed by atoms with van der Waals surface area (Å²) in [5.74, 6) is 0.500. The Morgan fingerprint density at radius 1 is 1.24 bits per heavy atom. The summed E-state index contributed by atoms with van der Waals surface area (Å²) in [6, 6.07) is 5.42. The molecule has 6 heteroatoms. The van der Waals surface area contributed by atoms with Crippen molar-refractivity contribution in [2.24, 2.45) is 11.8 Å². The molecule has 112 valence electrons. The zero-order chi connectivity index (χ0) is 15.2. The number of anilines is 1. The minimum absolute atomic E-state index is 0.148. The first kappa shape index (κ1) is 14.2. The largest absolute Gasteiger partial charge is 0.417 e. The molecule has 1 aromatic rings. The van der Waals surface area contributed by atoms with Crippen molar-refractivity contribution >= 4 is 5.69 Å². The Labute approximate surface area is 120 Å². The number of aliphatic hydroxyl groups is 1. The number of benzene rings is 1. The molecule has 0 radical (unpaired) electrons. The lowest BCUT2D eigenvalue weighted by Gasteiger charge is -2.22. The van der Waals surface area contributed by atoms with E-state index in [1.807, 2.05) is 4.90 Å². The van der Waals surface area contributed by atoms with Crippen molar-refractivity contribution in [1.82, 2.24) is 0 Å². The molecule has 1 heterocycles. The number of alkyl halides is 3. The zero-order valence-corrected chi connectivity index (χ0v) is 11.3. The van der Waals surface area contributed by atoms with Crippen molar-refractivity contribution in [1.29, 1.82) is 5.26 Å². The second-order valence-electron chi connectivity index (χ2n) is 5.81. The summed E-state index contributed by atoms with van der Waals surface area (Å²) in [6.45, 7) is 1.25. The molecule has 0 spiro atoms. The van der Waals surface area contributed by atoms with Gasteiger partial charge in [-0.1, -0.05) is 0 Å². The van der Waals surface area contributed by atoms with Crippen molar-refractivity contribution in [3.8, 4) is 6.07 Å². The zero-order valence-electron chi connectivity index (χ0n) is 11.3. The summed E-state index contributed by atoms with van der Waals surface area (Å²) in [5, 5.41) is 18.7. The monoisotopic (exact) mass is 296 g/mol. The lowest BCUT2D eigenvalue weighted by molar-refractivity contribution is -0.137. The highest BCUT2D eigenvalue weighted by atomic mass is 19.4. The van der Waals surface area contributed by atoms with E-state index in [0.29, 0.717) is 24.7 Å². The fraction of sp³-hybridized carbons (Fsp3) is 0.533. The van der Waals surface area contributed by atoms with Crippen molar-refractivity contribution in [3.05, 3.63) is 29.3 Å². The van der Waals surface area contributed by atoms with Gasteiger partial charge in [-0.2, -0.15) is 18.4 Å². The minimum Gasteiger partial charge on any atom is -0.393 e. The summed E-state index contributed by atoms with van der Waals surface area (Å²) in [4.78, 5) is 1.88. The number of nitrogens with zero attached hydrogens (tertiary/aromatic N) is 2. The van der Waals surface area contributed by atoms with Crippen LogP contribution in [-0.4, -0.2) is 24.3 Å². The molecular formula is C15H15F3N2O. The predicted octanol–water partition coefficient (Wildman–Crippen LogP) is 2.78. The Hall–Kier alpha value is -1.74. The van der Waals surface area contributed by atoms with E-state index in [-0.39, 0.29) is 17.6 Å². The summed E-state index contributed by atoms with van der Waals surface area (Å²) in [7, 11) is 0. The quantitative estimate of drug-likeness (QED) is 0.867. The molecule has 3 atom stereocenters. The maximum atomic E-state index is 13.0. The van der Waals surface area contributed by atoms with Gasteiger partial charge < -0.3 is 10.0 Å². The van der Waals surface area contributed by atoms with Gasteiger partial charge in [-0.15, -0.1) is 0 Å². The van der Waals surface area contributed by atoms with E-state index < -0.39 is 11.7 Å². The Morgan fingerprint density at radius 2 is 2.00 bits per heavy atom. The fourth-order valence-corrected chi connectivity index (χ4v) is 3.51. The van der Waals surface area contributed by atoms with Crippen molar-refractivity contribution < 1.29 is 18.3 Å². The number of hydrogen-bond acceptors (Lipinski definition) is 3. The molecule has 3 rings (SSSR count). The number of fused-ring (bicyclic) bond motifs is 1. The first-order chi connectivity index (χ1) is 9.90. The van der Waals surface area contributed by atoms with Gasteiger partial charge in [0.25, 0.3) is 0 Å². The van der Waals surface area contributed by atoms with E-state index in [0.717, 1.165) is 18.9 Å². The molecule has 1 saturated carbocycles. The predicted molar refractivity (Wildman–Crippen MR) is 70.6 cm³/mol. The van der Waals surface area contributed by atoms with Crippen molar-refractivity contribution in [3.63, 3.8) is 0 Å². The third kappa shape index (κ3) is 2.46. The van der Waals surface area contributed by atoms with Crippen molar-refractivity contribution in [2.75, 3.05) is 18.0 Å². The van der Waals surface area contributed by atoms with Gasteiger partial charge in [0.05, 0.1) is 23.3 Å². The summed E-state index contributed by atoms with van der Waals surface area (Å²) in [5.41, 5.74) is -0.770. The lowest BCUT2D eigenvalue weighted by Crippen LogP contribution is -2.24. The minimum atomic E-state index is -4.53. The van der Waals surface area contributed by atoms with Crippen LogP contribution < -0.4 is 4.90 Å². The second kappa shape index (κ2) is 4.92. The Kier molecular flexibility index (Phi) is 3.33. The van der Waals surface area contributed by atoms with E-state index in [1.54, 1.807) is 12.1 Å². The van der Waals surface area contributed by atoms with Crippen LogP contribution in [-0.2, 0) is 6.18 Å². The van der Waals surface area contributed by atoms with Gasteiger partial charge in [0.1, 0.15) is 0 Å². The molecule has 1 N–H and O–H groups in total. The molecule has 3 unspecified atom stereocenters. The Balaban J connectivity index is 1.89. The van der Waals surface area contributed by atoms with Gasteiger partial charge in [0.15, 0.2) is 0 Å². The average Bonchev–Trinajstić information content (AvgIpc) is 3.00. The highest BCUT2D eigenvalue weighted by Crippen LogP contribution is 2.41. The normalized spacial score (nSPS) is 28.5. The highest BCUT2D eigenvalue weighted by molar-refractivity contribution is 5.55. The number of aliphatic hydroxyl groups excluding tert-OH is 1. The van der Waals surface area contributed by atoms with E-state index in [9.17, 15) is 18.3 Å². The molecule has 21 heavy (non-hydrogen) atoms. The van der Waals surface area contributed by atoms with E-state index >= 15 is 0 Å². The van der Waals surface area contributed by atoms with Crippen molar-refractivity contribution in [2.45, 2.75) is 25.1 Å². The molecule has 2 fully saturated rings. The Morgan fingerprint density at radius 3 is 2.62 bits per heavy atom. The Bertz CT molecular complexity index is 594. The average molecular weight is 296 g/mol. The van der Waals surface area contributed by atoms with Gasteiger partial charge >= 0.3 is 6.18 Å². The number of nitriles is 1. The van der Waals surface area contributed by atoms with Gasteiger partial charge in [-0.25, -0.2) is 0 Å². The van der Waals surface area contributed by atoms with Crippen LogP contribution in [0, 0.1) is 23.2 Å². The third-order valence-electron chi connectivity index (χ3n) is 4.61. The number of hydrogen-bond donors (Lipinski definition) is 1. The van der Waals surface area contributed by atoms with Crippen LogP contribution in [0.25, 0.3) is 0 Å². The summed E-state index contributed by atoms with van der Waals surface area (Å²) >= 11 is 0. The number of halogens is 3. The lowest BCUT2D eigenvalue weighted by atomic mass is 10.00. The van der Waals surface area contributed by atoms with E-state index in [1.165, 1.54) is 6.07 Å². The summed E-state index contributed by atoms with van der Waals surface area (Å²) in [6.07, 6.45) is -3.17. The molecule has 0 bridgehead atoms. The van der Waals surface area contributed by atoms with Crippen LogP contribution in [0.2, 0.25) is 0 Å².